The van der Waals surface area contributed by atoms with Crippen LogP contribution >= 0.6 is 0 Å². The van der Waals surface area contributed by atoms with Gasteiger partial charge in [0.15, 0.2) is 0 Å². The van der Waals surface area contributed by atoms with Crippen molar-refractivity contribution in [1.82, 2.24) is 4.90 Å². The predicted octanol–water partition coefficient (Wildman–Crippen LogP) is 3.21. The summed E-state index contributed by atoms with van der Waals surface area (Å²) in [6.45, 7) is 13.0. The quantitative estimate of drug-likeness (QED) is 0.853. The van der Waals surface area contributed by atoms with Gasteiger partial charge in [0.2, 0.25) is 0 Å². The van der Waals surface area contributed by atoms with Gasteiger partial charge in [-0.1, -0.05) is 12.1 Å². The van der Waals surface area contributed by atoms with Crippen molar-refractivity contribution in [1.29, 1.82) is 0 Å². The van der Waals surface area contributed by atoms with E-state index in [0.29, 0.717) is 0 Å². The van der Waals surface area contributed by atoms with Crippen molar-refractivity contribution in [3.63, 3.8) is 0 Å². The van der Waals surface area contributed by atoms with Gasteiger partial charge in [-0.25, -0.2) is 0 Å². The highest BCUT2D eigenvalue weighted by Gasteiger charge is 2.12. The minimum absolute atomic E-state index is 0.0649. The Kier molecular flexibility index (Phi) is 5.57. The zero-order valence-corrected chi connectivity index (χ0v) is 13.5. The molecule has 0 saturated heterocycles. The number of nitrogens with two attached hydrogens (primary N) is 1. The second kappa shape index (κ2) is 6.53. The molecule has 0 aliphatic heterocycles. The fraction of sp³-hybridized carbons (Fsp3) is 0.647. The van der Waals surface area contributed by atoms with E-state index in [1.165, 1.54) is 22.3 Å². The Labute approximate surface area is 119 Å². The zero-order valence-electron chi connectivity index (χ0n) is 13.5. The van der Waals surface area contributed by atoms with Gasteiger partial charge < -0.3 is 10.6 Å². The molecular formula is C17H30N2. The van der Waals surface area contributed by atoms with Crippen molar-refractivity contribution in [3.8, 4) is 0 Å². The summed E-state index contributed by atoms with van der Waals surface area (Å²) in [4.78, 5) is 2.38. The van der Waals surface area contributed by atoms with Gasteiger partial charge in [0.25, 0.3) is 0 Å². The summed E-state index contributed by atoms with van der Waals surface area (Å²) >= 11 is 0. The van der Waals surface area contributed by atoms with Crippen LogP contribution in [0.1, 0.15) is 42.5 Å². The Balaban J connectivity index is 2.51. The molecule has 1 rings (SSSR count). The third kappa shape index (κ3) is 5.33. The van der Waals surface area contributed by atoms with E-state index in [1.54, 1.807) is 0 Å². The van der Waals surface area contributed by atoms with Gasteiger partial charge in [0.1, 0.15) is 0 Å². The highest BCUT2D eigenvalue weighted by Crippen LogP contribution is 2.17. The van der Waals surface area contributed by atoms with E-state index in [9.17, 15) is 0 Å². The number of likely N-dealkylation sites (N-methyl/N-ethyl adjacent to an activating group) is 1. The molecule has 1 aromatic rings. The molecule has 0 unspecified atom stereocenters. The maximum Gasteiger partial charge on any atom is 0.0109 e. The van der Waals surface area contributed by atoms with E-state index < -0.39 is 0 Å². The van der Waals surface area contributed by atoms with E-state index in [-0.39, 0.29) is 5.54 Å². The van der Waals surface area contributed by atoms with Crippen LogP contribution in [-0.2, 0) is 6.42 Å². The minimum atomic E-state index is -0.0649. The zero-order chi connectivity index (χ0) is 14.6. The average molecular weight is 262 g/mol. The van der Waals surface area contributed by atoms with Gasteiger partial charge >= 0.3 is 0 Å². The molecule has 0 atom stereocenters. The van der Waals surface area contributed by atoms with E-state index >= 15 is 0 Å². The number of rotatable bonds is 6. The maximum atomic E-state index is 6.02. The molecule has 0 spiro atoms. The van der Waals surface area contributed by atoms with E-state index in [2.05, 4.69) is 58.7 Å². The lowest BCUT2D eigenvalue weighted by atomic mass is 9.97. The molecule has 0 aliphatic rings. The summed E-state index contributed by atoms with van der Waals surface area (Å²) in [6, 6.07) is 4.51. The number of nitrogens with zero attached hydrogens (tertiary/aromatic N) is 1. The van der Waals surface area contributed by atoms with Crippen molar-refractivity contribution < 1.29 is 0 Å². The van der Waals surface area contributed by atoms with Crippen LogP contribution in [0.5, 0.6) is 0 Å². The largest absolute Gasteiger partial charge is 0.326 e. The van der Waals surface area contributed by atoms with E-state index in [4.69, 9.17) is 5.73 Å². The molecule has 0 aliphatic carbocycles. The molecule has 2 N–H and O–H groups in total. The first-order valence-corrected chi connectivity index (χ1v) is 7.24. The van der Waals surface area contributed by atoms with Gasteiger partial charge in [-0.3, -0.25) is 0 Å². The molecule has 19 heavy (non-hydrogen) atoms. The molecule has 1 aromatic carbocycles. The lowest BCUT2D eigenvalue weighted by molar-refractivity contribution is 0.298. The summed E-state index contributed by atoms with van der Waals surface area (Å²) < 4.78 is 0. The Morgan fingerprint density at radius 2 is 1.68 bits per heavy atom. The molecule has 108 valence electrons. The first kappa shape index (κ1) is 16.2. The van der Waals surface area contributed by atoms with Gasteiger partial charge in [0.05, 0.1) is 0 Å². The van der Waals surface area contributed by atoms with Crippen molar-refractivity contribution in [2.24, 2.45) is 5.73 Å². The van der Waals surface area contributed by atoms with Crippen molar-refractivity contribution in [2.45, 2.75) is 53.0 Å². The number of aryl methyl sites for hydroxylation is 1. The van der Waals surface area contributed by atoms with E-state index in [0.717, 1.165) is 25.9 Å². The Morgan fingerprint density at radius 1 is 1.05 bits per heavy atom. The monoisotopic (exact) mass is 262 g/mol. The lowest BCUT2D eigenvalue weighted by Crippen LogP contribution is -2.36. The van der Waals surface area contributed by atoms with E-state index in [1.807, 2.05) is 0 Å². The van der Waals surface area contributed by atoms with Gasteiger partial charge in [-0.05, 0) is 83.3 Å². The second-order valence-electron chi connectivity index (χ2n) is 6.58. The van der Waals surface area contributed by atoms with Crippen molar-refractivity contribution in [3.05, 3.63) is 34.4 Å². The van der Waals surface area contributed by atoms with Crippen LogP contribution in [0, 0.1) is 20.8 Å². The number of hydrogen-bond donors (Lipinski definition) is 1. The number of benzene rings is 1. The van der Waals surface area contributed by atoms with Crippen LogP contribution in [0.2, 0.25) is 0 Å². The van der Waals surface area contributed by atoms with Crippen molar-refractivity contribution in [2.75, 3.05) is 20.1 Å². The first-order valence-electron chi connectivity index (χ1n) is 7.24. The molecule has 0 fully saturated rings. The molecule has 2 nitrogen and oxygen atoms in total. The summed E-state index contributed by atoms with van der Waals surface area (Å²) in [6.07, 6.45) is 2.16. The fourth-order valence-corrected chi connectivity index (χ4v) is 2.19. The molecule has 0 bridgehead atoms. The van der Waals surface area contributed by atoms with Crippen LogP contribution in [0.15, 0.2) is 12.1 Å². The summed E-state index contributed by atoms with van der Waals surface area (Å²) in [5.74, 6) is 0. The maximum absolute atomic E-state index is 6.02. The molecule has 2 heteroatoms. The van der Waals surface area contributed by atoms with Crippen LogP contribution < -0.4 is 5.73 Å². The normalized spacial score (nSPS) is 12.2. The summed E-state index contributed by atoms with van der Waals surface area (Å²) in [5, 5.41) is 0. The molecule has 0 radical (unpaired) electrons. The SMILES string of the molecule is Cc1ccc(CCN(C)CCC(C)(C)N)c(C)c1C. The Bertz CT molecular complexity index is 416. The molecule has 0 saturated carbocycles. The van der Waals surface area contributed by atoms with Gasteiger partial charge in [-0.15, -0.1) is 0 Å². The number of hydrogen-bond acceptors (Lipinski definition) is 2. The van der Waals surface area contributed by atoms with Gasteiger partial charge in [-0.2, -0.15) is 0 Å². The summed E-state index contributed by atoms with van der Waals surface area (Å²) in [7, 11) is 2.18. The average Bonchev–Trinajstić information content (AvgIpc) is 2.32. The van der Waals surface area contributed by atoms with Crippen LogP contribution in [0.4, 0.5) is 0 Å². The third-order valence-electron chi connectivity index (χ3n) is 4.07. The molecule has 0 heterocycles. The summed E-state index contributed by atoms with van der Waals surface area (Å²) in [5.41, 5.74) is 11.7. The first-order chi connectivity index (χ1) is 8.70. The molecular weight excluding hydrogens is 232 g/mol. The van der Waals surface area contributed by atoms with Gasteiger partial charge in [0, 0.05) is 12.1 Å². The predicted molar refractivity (Wildman–Crippen MR) is 84.7 cm³/mol. The highest BCUT2D eigenvalue weighted by atomic mass is 15.1. The fourth-order valence-electron chi connectivity index (χ4n) is 2.19. The molecule has 0 amide bonds. The Hall–Kier alpha value is -0.860. The lowest BCUT2D eigenvalue weighted by Gasteiger charge is -2.24. The smallest absolute Gasteiger partial charge is 0.0109 e. The molecule has 0 aromatic heterocycles. The highest BCUT2D eigenvalue weighted by molar-refractivity contribution is 5.38. The minimum Gasteiger partial charge on any atom is -0.326 e. The Morgan fingerprint density at radius 3 is 2.26 bits per heavy atom. The second-order valence-corrected chi connectivity index (χ2v) is 6.58. The van der Waals surface area contributed by atoms with Crippen LogP contribution in [0.3, 0.4) is 0 Å². The van der Waals surface area contributed by atoms with Crippen LogP contribution in [-0.4, -0.2) is 30.6 Å². The standard InChI is InChI=1S/C17H30N2/c1-13-7-8-16(15(3)14(13)2)9-11-19(6)12-10-17(4,5)18/h7-8H,9-12,18H2,1-6H3. The third-order valence-corrected chi connectivity index (χ3v) is 4.07. The van der Waals surface area contributed by atoms with Crippen LogP contribution in [0.25, 0.3) is 0 Å². The topological polar surface area (TPSA) is 29.3 Å². The van der Waals surface area contributed by atoms with Crippen molar-refractivity contribution >= 4 is 0 Å².